The quantitative estimate of drug-likeness (QED) is 0.486. The van der Waals surface area contributed by atoms with Gasteiger partial charge in [0, 0.05) is 16.7 Å². The third-order valence-electron chi connectivity index (χ3n) is 12.7. The lowest BCUT2D eigenvalue weighted by Crippen LogP contribution is -2.66. The summed E-state index contributed by atoms with van der Waals surface area (Å²) in [4.78, 5) is 52.8. The second-order valence-corrected chi connectivity index (χ2v) is 15.5. The molecular formula is C33H44N2O5. The van der Waals surface area contributed by atoms with Gasteiger partial charge in [-0.3, -0.25) is 19.2 Å². The molecule has 1 amide bonds. The maximum atomic E-state index is 14.5. The highest BCUT2D eigenvalue weighted by molar-refractivity contribution is 6.04. The fourth-order valence-corrected chi connectivity index (χ4v) is 10.4. The first-order valence-electron chi connectivity index (χ1n) is 14.8. The first-order chi connectivity index (χ1) is 18.4. The van der Waals surface area contributed by atoms with Crippen molar-refractivity contribution in [1.82, 2.24) is 5.32 Å². The summed E-state index contributed by atoms with van der Waals surface area (Å²) in [6, 6.07) is 2.15. The molecule has 5 rings (SSSR count). The number of Topliss-reactive ketones (excluding diaryl/α,β-unsaturated/α-hetero) is 1. The Balaban J connectivity index is 1.66. The molecule has 0 aromatic heterocycles. The predicted molar refractivity (Wildman–Crippen MR) is 150 cm³/mol. The summed E-state index contributed by atoms with van der Waals surface area (Å²) >= 11 is 0. The average molecular weight is 549 g/mol. The SMILES string of the molecule is CC1(C)CC[C@]2(C(=O)NCC(=O)O)CC[C@]3(C)C(C(=O)C=C4C5(C)C=C(C#N)C(=O)C(C)(C)[C@@H]5CC[C@]43C)C2C1. The standard InChI is InChI=1S/C33H44N2O5/c1-28(2)10-12-33(27(40)35-18-24(37)38)13-11-32(7)25(20(33)16-28)21(36)14-23-30(5)15-19(17-34)26(39)29(3,4)22(30)8-9-31(23,32)6/h14-15,20,22,25H,8-13,16,18H2,1-7H3,(H,35,40)(H,37,38)/t20?,22-,25?,30?,31+,32+,33-/m0/s1. The Labute approximate surface area is 237 Å². The molecule has 0 aromatic rings. The zero-order valence-electron chi connectivity index (χ0n) is 25.1. The Morgan fingerprint density at radius 1 is 1.02 bits per heavy atom. The van der Waals surface area contributed by atoms with Gasteiger partial charge in [-0.15, -0.1) is 0 Å². The van der Waals surface area contributed by atoms with Crippen molar-refractivity contribution in [3.05, 3.63) is 23.3 Å². The van der Waals surface area contributed by atoms with Crippen LogP contribution in [0.4, 0.5) is 0 Å². The number of carbonyl (C=O) groups is 4. The molecule has 5 aliphatic carbocycles. The second-order valence-electron chi connectivity index (χ2n) is 15.5. The van der Waals surface area contributed by atoms with Gasteiger partial charge in [-0.2, -0.15) is 5.26 Å². The molecule has 3 fully saturated rings. The van der Waals surface area contributed by atoms with E-state index in [1.54, 1.807) is 0 Å². The average Bonchev–Trinajstić information content (AvgIpc) is 2.86. The molecule has 0 aliphatic heterocycles. The summed E-state index contributed by atoms with van der Waals surface area (Å²) in [6.45, 7) is 14.5. The minimum absolute atomic E-state index is 0.0185. The number of rotatable bonds is 3. The molecule has 7 nitrogen and oxygen atoms in total. The molecule has 0 heterocycles. The van der Waals surface area contributed by atoms with Gasteiger partial charge in [0.25, 0.3) is 0 Å². The zero-order valence-corrected chi connectivity index (χ0v) is 25.1. The van der Waals surface area contributed by atoms with Gasteiger partial charge in [0.2, 0.25) is 5.91 Å². The third-order valence-corrected chi connectivity index (χ3v) is 12.7. The van der Waals surface area contributed by atoms with Crippen molar-refractivity contribution in [1.29, 1.82) is 5.26 Å². The first kappa shape index (κ1) is 28.8. The molecule has 0 bridgehead atoms. The smallest absolute Gasteiger partial charge is 0.322 e. The van der Waals surface area contributed by atoms with Crippen molar-refractivity contribution in [2.24, 2.45) is 50.2 Å². The lowest BCUT2D eigenvalue weighted by molar-refractivity contribution is -0.178. The maximum Gasteiger partial charge on any atom is 0.322 e. The number of fused-ring (bicyclic) bond motifs is 7. The Kier molecular flexibility index (Phi) is 6.21. The molecule has 2 N–H and O–H groups in total. The number of ketones is 2. The molecule has 3 unspecified atom stereocenters. The highest BCUT2D eigenvalue weighted by atomic mass is 16.4. The van der Waals surface area contributed by atoms with Crippen LogP contribution in [0.25, 0.3) is 0 Å². The van der Waals surface area contributed by atoms with Crippen LogP contribution in [0.1, 0.15) is 93.4 Å². The van der Waals surface area contributed by atoms with Gasteiger partial charge >= 0.3 is 5.97 Å². The maximum absolute atomic E-state index is 14.5. The molecule has 7 heteroatoms. The number of nitrogens with zero attached hydrogens (tertiary/aromatic N) is 1. The number of aliphatic carboxylic acids is 1. The van der Waals surface area contributed by atoms with E-state index in [2.05, 4.69) is 46.0 Å². The predicted octanol–water partition coefficient (Wildman–Crippen LogP) is 5.41. The van der Waals surface area contributed by atoms with Crippen LogP contribution in [0.5, 0.6) is 0 Å². The van der Waals surface area contributed by atoms with Gasteiger partial charge < -0.3 is 10.4 Å². The van der Waals surface area contributed by atoms with E-state index in [1.807, 2.05) is 26.0 Å². The van der Waals surface area contributed by atoms with Crippen LogP contribution in [0.3, 0.4) is 0 Å². The van der Waals surface area contributed by atoms with Gasteiger partial charge in [0.15, 0.2) is 11.6 Å². The topological polar surface area (TPSA) is 124 Å². The van der Waals surface area contributed by atoms with Gasteiger partial charge in [0.1, 0.15) is 12.6 Å². The Morgan fingerprint density at radius 2 is 1.68 bits per heavy atom. The van der Waals surface area contributed by atoms with Crippen molar-refractivity contribution in [2.45, 2.75) is 93.4 Å². The Hall–Kier alpha value is -2.75. The second kappa shape index (κ2) is 8.63. The van der Waals surface area contributed by atoms with E-state index in [4.69, 9.17) is 0 Å². The zero-order chi connectivity index (χ0) is 29.7. The summed E-state index contributed by atoms with van der Waals surface area (Å²) in [5.41, 5.74) is -1.66. The summed E-state index contributed by atoms with van der Waals surface area (Å²) < 4.78 is 0. The van der Waals surface area contributed by atoms with Crippen LogP contribution in [-0.4, -0.2) is 35.1 Å². The van der Waals surface area contributed by atoms with E-state index >= 15 is 0 Å². The van der Waals surface area contributed by atoms with Gasteiger partial charge in [-0.25, -0.2) is 0 Å². The van der Waals surface area contributed by atoms with Crippen molar-refractivity contribution in [3.63, 3.8) is 0 Å². The van der Waals surface area contributed by atoms with Gasteiger partial charge in [-0.1, -0.05) is 60.1 Å². The van der Waals surface area contributed by atoms with Crippen LogP contribution in [0, 0.1) is 61.6 Å². The van der Waals surface area contributed by atoms with Crippen LogP contribution in [0.2, 0.25) is 0 Å². The number of carbonyl (C=O) groups excluding carboxylic acids is 3. The van der Waals surface area contributed by atoms with Gasteiger partial charge in [0.05, 0.1) is 11.0 Å². The fourth-order valence-electron chi connectivity index (χ4n) is 10.4. The van der Waals surface area contributed by atoms with E-state index in [0.717, 1.165) is 31.3 Å². The molecule has 7 atom stereocenters. The minimum Gasteiger partial charge on any atom is -0.480 e. The normalized spacial score (nSPS) is 43.0. The van der Waals surface area contributed by atoms with Crippen LogP contribution in [-0.2, 0) is 19.2 Å². The molecular weight excluding hydrogens is 504 g/mol. The van der Waals surface area contributed by atoms with Crippen LogP contribution in [0.15, 0.2) is 23.3 Å². The number of hydrogen-bond acceptors (Lipinski definition) is 5. The number of hydrogen-bond donors (Lipinski definition) is 2. The highest BCUT2D eigenvalue weighted by Crippen LogP contribution is 2.74. The molecule has 0 radical (unpaired) electrons. The number of nitriles is 1. The molecule has 0 spiro atoms. The summed E-state index contributed by atoms with van der Waals surface area (Å²) in [7, 11) is 0. The lowest BCUT2D eigenvalue weighted by atomic mass is 9.34. The van der Waals surface area contributed by atoms with Crippen LogP contribution >= 0.6 is 0 Å². The fraction of sp³-hybridized carbons (Fsp3) is 0.727. The first-order valence-corrected chi connectivity index (χ1v) is 14.8. The molecule has 3 saturated carbocycles. The van der Waals surface area contributed by atoms with E-state index in [-0.39, 0.29) is 51.6 Å². The van der Waals surface area contributed by atoms with Gasteiger partial charge in [-0.05, 0) is 79.1 Å². The number of nitrogens with one attached hydrogen (secondary N) is 1. The van der Waals surface area contributed by atoms with E-state index in [0.29, 0.717) is 19.3 Å². The van der Waals surface area contributed by atoms with Crippen LogP contribution < -0.4 is 5.32 Å². The molecule has 0 aromatic carbocycles. The van der Waals surface area contributed by atoms with Crippen molar-refractivity contribution < 1.29 is 24.3 Å². The number of carboxylic acids is 1. The van der Waals surface area contributed by atoms with E-state index < -0.39 is 34.2 Å². The number of allylic oxidation sites excluding steroid dienone is 4. The van der Waals surface area contributed by atoms with Crippen molar-refractivity contribution in [2.75, 3.05) is 6.54 Å². The summed E-state index contributed by atoms with van der Waals surface area (Å²) in [5.74, 6) is -1.95. The summed E-state index contributed by atoms with van der Waals surface area (Å²) in [6.07, 6.45) is 8.87. The Bertz CT molecular complexity index is 1320. The third kappa shape index (κ3) is 3.59. The summed E-state index contributed by atoms with van der Waals surface area (Å²) in [5, 5.41) is 21.8. The number of amides is 1. The molecule has 5 aliphatic rings. The molecule has 0 saturated heterocycles. The highest BCUT2D eigenvalue weighted by Gasteiger charge is 2.70. The molecule has 40 heavy (non-hydrogen) atoms. The van der Waals surface area contributed by atoms with Crippen molar-refractivity contribution >= 4 is 23.4 Å². The Morgan fingerprint density at radius 3 is 2.30 bits per heavy atom. The lowest BCUT2D eigenvalue weighted by Gasteiger charge is -2.69. The largest absolute Gasteiger partial charge is 0.480 e. The monoisotopic (exact) mass is 548 g/mol. The number of carboxylic acid groups (broad SMARTS) is 1. The minimum atomic E-state index is -1.07. The molecule has 216 valence electrons. The van der Waals surface area contributed by atoms with E-state index in [9.17, 15) is 29.5 Å². The van der Waals surface area contributed by atoms with E-state index in [1.165, 1.54) is 0 Å². The van der Waals surface area contributed by atoms with Crippen molar-refractivity contribution in [3.8, 4) is 6.07 Å².